The first kappa shape index (κ1) is 20.1. The van der Waals surface area contributed by atoms with Crippen molar-refractivity contribution < 1.29 is 13.2 Å². The molecule has 3 rings (SSSR count). The highest BCUT2D eigenvalue weighted by Gasteiger charge is 2.29. The van der Waals surface area contributed by atoms with Crippen LogP contribution in [0.5, 0.6) is 0 Å². The first-order valence-corrected chi connectivity index (χ1v) is 10.8. The number of ether oxygens (including phenoxy) is 1. The van der Waals surface area contributed by atoms with Gasteiger partial charge >= 0.3 is 0 Å². The third-order valence-corrected chi connectivity index (χ3v) is 6.77. The molecule has 0 aromatic heterocycles. The van der Waals surface area contributed by atoms with E-state index in [1.807, 2.05) is 43.3 Å². The van der Waals surface area contributed by atoms with Gasteiger partial charge in [-0.25, -0.2) is 8.42 Å². The van der Waals surface area contributed by atoms with E-state index in [1.165, 1.54) is 4.31 Å². The monoisotopic (exact) mass is 408 g/mol. The Hall–Kier alpha value is -1.60. The van der Waals surface area contributed by atoms with E-state index >= 15 is 0 Å². The summed E-state index contributed by atoms with van der Waals surface area (Å²) in [6.07, 6.45) is 1.79. The smallest absolute Gasteiger partial charge is 0.243 e. The van der Waals surface area contributed by atoms with E-state index in [0.717, 1.165) is 24.1 Å². The average molecular weight is 409 g/mol. The molecule has 5 nitrogen and oxygen atoms in total. The second kappa shape index (κ2) is 8.61. The fourth-order valence-electron chi connectivity index (χ4n) is 3.12. The van der Waals surface area contributed by atoms with Crippen LogP contribution in [0.2, 0.25) is 5.02 Å². The zero-order valence-corrected chi connectivity index (χ0v) is 17.2. The largest absolute Gasteiger partial charge is 0.378 e. The fourth-order valence-corrected chi connectivity index (χ4v) is 4.71. The molecule has 0 spiro atoms. The molecule has 0 radical (unpaired) electrons. The minimum absolute atomic E-state index is 0.0619. The molecule has 0 aliphatic carbocycles. The Balaban J connectivity index is 1.86. The zero-order chi connectivity index (χ0) is 19.4. The molecule has 1 atom stereocenters. The molecule has 0 amide bonds. The highest BCUT2D eigenvalue weighted by molar-refractivity contribution is 7.89. The molecule has 0 N–H and O–H groups in total. The van der Waals surface area contributed by atoms with E-state index in [1.54, 1.807) is 24.3 Å². The molecule has 1 aliphatic heterocycles. The topological polar surface area (TPSA) is 49.9 Å². The minimum Gasteiger partial charge on any atom is -0.378 e. The van der Waals surface area contributed by atoms with E-state index in [2.05, 4.69) is 0 Å². The third kappa shape index (κ3) is 5.02. The van der Waals surface area contributed by atoms with E-state index in [4.69, 9.17) is 16.3 Å². The van der Waals surface area contributed by atoms with Crippen molar-refractivity contribution in [3.8, 4) is 0 Å². The molecule has 146 valence electrons. The molecule has 1 fully saturated rings. The van der Waals surface area contributed by atoms with Crippen molar-refractivity contribution in [2.75, 3.05) is 32.1 Å². The molecule has 0 unspecified atom stereocenters. The van der Waals surface area contributed by atoms with Crippen LogP contribution in [0.3, 0.4) is 0 Å². The zero-order valence-electron chi connectivity index (χ0n) is 15.6. The van der Waals surface area contributed by atoms with Crippen molar-refractivity contribution in [2.24, 2.45) is 0 Å². The van der Waals surface area contributed by atoms with Gasteiger partial charge < -0.3 is 9.64 Å². The number of rotatable bonds is 7. The van der Waals surface area contributed by atoms with Gasteiger partial charge in [-0.2, -0.15) is 4.31 Å². The lowest BCUT2D eigenvalue weighted by Gasteiger charge is -2.25. The van der Waals surface area contributed by atoms with Gasteiger partial charge in [0.05, 0.1) is 11.0 Å². The molecule has 1 saturated heterocycles. The molecule has 1 heterocycles. The average Bonchev–Trinajstić information content (AvgIpc) is 3.15. The predicted octanol–water partition coefficient (Wildman–Crippen LogP) is 3.78. The number of nitrogens with zero attached hydrogens (tertiary/aromatic N) is 2. The van der Waals surface area contributed by atoms with Crippen LogP contribution in [0, 0.1) is 0 Å². The molecule has 7 heteroatoms. The SMILES string of the molecule is CN(C)c1ccc(CN(C[C@@H]2CCCO2)S(=O)(=O)c2ccc(Cl)cc2)cc1. The normalized spacial score (nSPS) is 17.4. The molecule has 0 bridgehead atoms. The van der Waals surface area contributed by atoms with Crippen LogP contribution >= 0.6 is 11.6 Å². The molecule has 2 aromatic rings. The van der Waals surface area contributed by atoms with Crippen molar-refractivity contribution in [1.29, 1.82) is 0 Å². The van der Waals surface area contributed by atoms with Gasteiger partial charge in [-0.1, -0.05) is 23.7 Å². The van der Waals surface area contributed by atoms with Crippen LogP contribution in [-0.2, 0) is 21.3 Å². The van der Waals surface area contributed by atoms with Gasteiger partial charge in [0.15, 0.2) is 0 Å². The highest BCUT2D eigenvalue weighted by Crippen LogP contribution is 2.24. The Morgan fingerprint density at radius 1 is 1.07 bits per heavy atom. The van der Waals surface area contributed by atoms with E-state index in [0.29, 0.717) is 24.7 Å². The standard InChI is InChI=1S/C20H25ClN2O3S/c1-22(2)18-9-5-16(6-10-18)14-23(15-19-4-3-13-26-19)27(24,25)20-11-7-17(21)8-12-20/h5-12,19H,3-4,13-15H2,1-2H3/t19-/m0/s1. The predicted molar refractivity (Wildman–Crippen MR) is 109 cm³/mol. The summed E-state index contributed by atoms with van der Waals surface area (Å²) < 4.78 is 33.7. The maximum Gasteiger partial charge on any atom is 0.243 e. The van der Waals surface area contributed by atoms with Gasteiger partial charge in [-0.3, -0.25) is 0 Å². The Bertz CT molecular complexity index is 846. The lowest BCUT2D eigenvalue weighted by molar-refractivity contribution is 0.0926. The lowest BCUT2D eigenvalue weighted by atomic mass is 10.2. The Kier molecular flexibility index (Phi) is 6.42. The van der Waals surface area contributed by atoms with Gasteiger partial charge in [0.25, 0.3) is 0 Å². The summed E-state index contributed by atoms with van der Waals surface area (Å²) in [5.74, 6) is 0. The number of halogens is 1. The maximum atomic E-state index is 13.2. The Morgan fingerprint density at radius 3 is 2.30 bits per heavy atom. The molecular formula is C20H25ClN2O3S. The van der Waals surface area contributed by atoms with Crippen LogP contribution in [0.1, 0.15) is 18.4 Å². The van der Waals surface area contributed by atoms with E-state index in [9.17, 15) is 8.42 Å². The lowest BCUT2D eigenvalue weighted by Crippen LogP contribution is -2.37. The van der Waals surface area contributed by atoms with Gasteiger partial charge in [-0.15, -0.1) is 0 Å². The summed E-state index contributed by atoms with van der Waals surface area (Å²) in [6, 6.07) is 14.2. The summed E-state index contributed by atoms with van der Waals surface area (Å²) in [5.41, 5.74) is 2.01. The highest BCUT2D eigenvalue weighted by atomic mass is 35.5. The third-order valence-electron chi connectivity index (χ3n) is 4.69. The molecule has 1 aliphatic rings. The second-order valence-electron chi connectivity index (χ2n) is 6.95. The number of benzene rings is 2. The van der Waals surface area contributed by atoms with Crippen LogP contribution in [-0.4, -0.2) is 46.1 Å². The molecule has 0 saturated carbocycles. The Morgan fingerprint density at radius 2 is 1.74 bits per heavy atom. The van der Waals surface area contributed by atoms with Crippen LogP contribution < -0.4 is 4.90 Å². The summed E-state index contributed by atoms with van der Waals surface area (Å²) in [6.45, 7) is 1.34. The van der Waals surface area contributed by atoms with Gasteiger partial charge in [-0.05, 0) is 54.8 Å². The Labute approximate surface area is 166 Å². The molecular weight excluding hydrogens is 384 g/mol. The number of anilines is 1. The van der Waals surface area contributed by atoms with Crippen molar-refractivity contribution in [3.05, 3.63) is 59.1 Å². The van der Waals surface area contributed by atoms with Crippen LogP contribution in [0.15, 0.2) is 53.4 Å². The summed E-state index contributed by atoms with van der Waals surface area (Å²) in [7, 11) is 0.306. The number of hydrogen-bond acceptors (Lipinski definition) is 4. The molecule has 2 aromatic carbocycles. The number of sulfonamides is 1. The fraction of sp³-hybridized carbons (Fsp3) is 0.400. The summed E-state index contributed by atoms with van der Waals surface area (Å²) in [4.78, 5) is 2.26. The maximum absolute atomic E-state index is 13.2. The van der Waals surface area contributed by atoms with Gasteiger partial charge in [0.2, 0.25) is 10.0 Å². The number of hydrogen-bond donors (Lipinski definition) is 0. The van der Waals surface area contributed by atoms with Gasteiger partial charge in [0, 0.05) is 44.5 Å². The summed E-state index contributed by atoms with van der Waals surface area (Å²) in [5, 5.41) is 0.513. The van der Waals surface area contributed by atoms with Crippen LogP contribution in [0.25, 0.3) is 0 Å². The van der Waals surface area contributed by atoms with Crippen molar-refractivity contribution in [3.63, 3.8) is 0 Å². The quantitative estimate of drug-likeness (QED) is 0.699. The summed E-state index contributed by atoms with van der Waals surface area (Å²) >= 11 is 5.92. The minimum atomic E-state index is -3.65. The van der Waals surface area contributed by atoms with Crippen LogP contribution in [0.4, 0.5) is 5.69 Å². The molecule has 27 heavy (non-hydrogen) atoms. The van der Waals surface area contributed by atoms with Gasteiger partial charge in [0.1, 0.15) is 0 Å². The van der Waals surface area contributed by atoms with E-state index < -0.39 is 10.0 Å². The van der Waals surface area contributed by atoms with Crippen molar-refractivity contribution in [1.82, 2.24) is 4.31 Å². The first-order chi connectivity index (χ1) is 12.9. The van der Waals surface area contributed by atoms with Crippen molar-refractivity contribution in [2.45, 2.75) is 30.4 Å². The van der Waals surface area contributed by atoms with E-state index in [-0.39, 0.29) is 11.0 Å². The van der Waals surface area contributed by atoms with Crippen molar-refractivity contribution >= 4 is 27.3 Å². The first-order valence-electron chi connectivity index (χ1n) is 9.00. The second-order valence-corrected chi connectivity index (χ2v) is 9.32.